The molecule has 1 aliphatic heterocycles. The second-order valence-corrected chi connectivity index (χ2v) is 7.30. The Hall–Kier alpha value is -1.11. The van der Waals surface area contributed by atoms with Gasteiger partial charge in [-0.25, -0.2) is 8.42 Å². The minimum atomic E-state index is -3.24. The SMILES string of the molecule is CCCS(=O)(=O)Nc1cc(CN2CCOCC2)ccc1C. The molecule has 1 N–H and O–H groups in total. The van der Waals surface area contributed by atoms with Crippen LogP contribution in [0.4, 0.5) is 5.69 Å². The molecule has 1 aromatic rings. The number of anilines is 1. The second kappa shape index (κ2) is 7.24. The molecule has 118 valence electrons. The van der Waals surface area contributed by atoms with Crippen LogP contribution in [0.3, 0.4) is 0 Å². The topological polar surface area (TPSA) is 58.6 Å². The van der Waals surface area contributed by atoms with Crippen molar-refractivity contribution in [1.82, 2.24) is 4.90 Å². The lowest BCUT2D eigenvalue weighted by atomic mass is 10.1. The van der Waals surface area contributed by atoms with Crippen molar-refractivity contribution in [3.05, 3.63) is 29.3 Å². The van der Waals surface area contributed by atoms with Crippen molar-refractivity contribution in [1.29, 1.82) is 0 Å². The number of sulfonamides is 1. The summed E-state index contributed by atoms with van der Waals surface area (Å²) in [6.07, 6.45) is 0.613. The van der Waals surface area contributed by atoms with Gasteiger partial charge in [0.05, 0.1) is 24.7 Å². The lowest BCUT2D eigenvalue weighted by molar-refractivity contribution is 0.0342. The molecule has 0 bridgehead atoms. The molecule has 0 radical (unpaired) electrons. The van der Waals surface area contributed by atoms with Gasteiger partial charge < -0.3 is 4.74 Å². The smallest absolute Gasteiger partial charge is 0.232 e. The van der Waals surface area contributed by atoms with Crippen LogP contribution in [0.25, 0.3) is 0 Å². The number of hydrogen-bond acceptors (Lipinski definition) is 4. The average Bonchev–Trinajstić information content (AvgIpc) is 2.43. The van der Waals surface area contributed by atoms with Crippen LogP contribution >= 0.6 is 0 Å². The van der Waals surface area contributed by atoms with Crippen molar-refractivity contribution < 1.29 is 13.2 Å². The average molecular weight is 312 g/mol. The summed E-state index contributed by atoms with van der Waals surface area (Å²) in [4.78, 5) is 2.32. The lowest BCUT2D eigenvalue weighted by Gasteiger charge is -2.26. The summed E-state index contributed by atoms with van der Waals surface area (Å²) in [6, 6.07) is 5.97. The van der Waals surface area contributed by atoms with E-state index in [1.807, 2.05) is 26.0 Å². The van der Waals surface area contributed by atoms with Gasteiger partial charge in [-0.1, -0.05) is 19.1 Å². The van der Waals surface area contributed by atoms with Crippen molar-refractivity contribution in [3.63, 3.8) is 0 Å². The molecule has 0 aliphatic carbocycles. The summed E-state index contributed by atoms with van der Waals surface area (Å²) in [6.45, 7) is 7.98. The Morgan fingerprint density at radius 1 is 1.29 bits per heavy atom. The molecule has 0 amide bonds. The molecule has 0 aromatic heterocycles. The highest BCUT2D eigenvalue weighted by molar-refractivity contribution is 7.92. The predicted molar refractivity (Wildman–Crippen MR) is 85.0 cm³/mol. The maximum absolute atomic E-state index is 11.9. The first kappa shape index (κ1) is 16.3. The van der Waals surface area contributed by atoms with Crippen molar-refractivity contribution in [2.45, 2.75) is 26.8 Å². The van der Waals surface area contributed by atoms with Crippen molar-refractivity contribution in [3.8, 4) is 0 Å². The highest BCUT2D eigenvalue weighted by Crippen LogP contribution is 2.20. The molecule has 1 fully saturated rings. The summed E-state index contributed by atoms with van der Waals surface area (Å²) < 4.78 is 31.9. The number of hydrogen-bond donors (Lipinski definition) is 1. The lowest BCUT2D eigenvalue weighted by Crippen LogP contribution is -2.35. The predicted octanol–water partition coefficient (Wildman–Crippen LogP) is 1.98. The summed E-state index contributed by atoms with van der Waals surface area (Å²) >= 11 is 0. The molecule has 2 rings (SSSR count). The molecule has 1 aliphatic rings. The maximum atomic E-state index is 11.9. The van der Waals surface area contributed by atoms with Crippen LogP contribution in [0.1, 0.15) is 24.5 Å². The summed E-state index contributed by atoms with van der Waals surface area (Å²) in [5, 5.41) is 0. The maximum Gasteiger partial charge on any atom is 0.232 e. The molecule has 1 aromatic carbocycles. The highest BCUT2D eigenvalue weighted by Gasteiger charge is 2.13. The van der Waals surface area contributed by atoms with Crippen LogP contribution in [0, 0.1) is 6.92 Å². The van der Waals surface area contributed by atoms with Crippen LogP contribution in [0.15, 0.2) is 18.2 Å². The number of nitrogens with one attached hydrogen (secondary N) is 1. The molecule has 0 spiro atoms. The molecular formula is C15H24N2O3S. The van der Waals surface area contributed by atoms with Gasteiger partial charge in [-0.3, -0.25) is 9.62 Å². The molecule has 0 atom stereocenters. The molecular weight excluding hydrogens is 288 g/mol. The highest BCUT2D eigenvalue weighted by atomic mass is 32.2. The number of benzene rings is 1. The van der Waals surface area contributed by atoms with E-state index in [4.69, 9.17) is 4.74 Å². The minimum absolute atomic E-state index is 0.153. The zero-order valence-electron chi connectivity index (χ0n) is 12.8. The Kier molecular flexibility index (Phi) is 5.61. The van der Waals surface area contributed by atoms with Crippen molar-refractivity contribution in [2.75, 3.05) is 36.8 Å². The molecule has 6 heteroatoms. The van der Waals surface area contributed by atoms with Crippen molar-refractivity contribution >= 4 is 15.7 Å². The number of morpholine rings is 1. The quantitative estimate of drug-likeness (QED) is 0.872. The van der Waals surface area contributed by atoms with Crippen LogP contribution < -0.4 is 4.72 Å². The van der Waals surface area contributed by atoms with Gasteiger partial charge in [-0.05, 0) is 30.5 Å². The monoisotopic (exact) mass is 312 g/mol. The first-order valence-corrected chi connectivity index (χ1v) is 9.05. The Labute approximate surface area is 127 Å². The van der Waals surface area contributed by atoms with Crippen LogP contribution in [-0.2, 0) is 21.3 Å². The van der Waals surface area contributed by atoms with Gasteiger partial charge >= 0.3 is 0 Å². The van der Waals surface area contributed by atoms with Crippen LogP contribution in [0.2, 0.25) is 0 Å². The van der Waals surface area contributed by atoms with E-state index in [2.05, 4.69) is 15.7 Å². The van der Waals surface area contributed by atoms with E-state index < -0.39 is 10.0 Å². The standard InChI is InChI=1S/C15H24N2O3S/c1-3-10-21(18,19)16-15-11-14(5-4-13(15)2)12-17-6-8-20-9-7-17/h4-5,11,16H,3,6-10,12H2,1-2H3. The Bertz CT molecular complexity index is 566. The van der Waals surface area contributed by atoms with E-state index in [0.717, 1.165) is 44.0 Å². The van der Waals surface area contributed by atoms with Gasteiger partial charge in [0.25, 0.3) is 0 Å². The van der Waals surface area contributed by atoms with Gasteiger partial charge in [0.1, 0.15) is 0 Å². The summed E-state index contributed by atoms with van der Waals surface area (Å²) in [5.41, 5.74) is 2.76. The van der Waals surface area contributed by atoms with Crippen LogP contribution in [0.5, 0.6) is 0 Å². The van der Waals surface area contributed by atoms with Crippen molar-refractivity contribution in [2.24, 2.45) is 0 Å². The third kappa shape index (κ3) is 4.98. The number of aryl methyl sites for hydroxylation is 1. The van der Waals surface area contributed by atoms with E-state index in [1.165, 1.54) is 0 Å². The van der Waals surface area contributed by atoms with E-state index in [9.17, 15) is 8.42 Å². The fourth-order valence-electron chi connectivity index (χ4n) is 2.38. The summed E-state index contributed by atoms with van der Waals surface area (Å²) in [7, 11) is -3.24. The molecule has 1 saturated heterocycles. The first-order valence-electron chi connectivity index (χ1n) is 7.40. The largest absolute Gasteiger partial charge is 0.379 e. The third-order valence-corrected chi connectivity index (χ3v) is 5.03. The van der Waals surface area contributed by atoms with E-state index >= 15 is 0 Å². The van der Waals surface area contributed by atoms with Gasteiger partial charge in [0.2, 0.25) is 10.0 Å². The third-order valence-electron chi connectivity index (χ3n) is 3.55. The molecule has 1 heterocycles. The van der Waals surface area contributed by atoms with Gasteiger partial charge in [0.15, 0.2) is 0 Å². The normalized spacial score (nSPS) is 16.9. The van der Waals surface area contributed by atoms with Gasteiger partial charge in [-0.15, -0.1) is 0 Å². The van der Waals surface area contributed by atoms with Gasteiger partial charge in [-0.2, -0.15) is 0 Å². The molecule has 5 nitrogen and oxygen atoms in total. The molecule has 21 heavy (non-hydrogen) atoms. The number of rotatable bonds is 6. The first-order chi connectivity index (χ1) is 10.00. The minimum Gasteiger partial charge on any atom is -0.379 e. The van der Waals surface area contributed by atoms with Gasteiger partial charge in [0, 0.05) is 19.6 Å². The molecule has 0 saturated carbocycles. The molecule has 0 unspecified atom stereocenters. The fourth-order valence-corrected chi connectivity index (χ4v) is 3.58. The zero-order valence-corrected chi connectivity index (χ0v) is 13.6. The van der Waals surface area contributed by atoms with E-state index in [1.54, 1.807) is 0 Å². The number of ether oxygens (including phenoxy) is 1. The fraction of sp³-hybridized carbons (Fsp3) is 0.600. The summed E-state index contributed by atoms with van der Waals surface area (Å²) in [5.74, 6) is 0.153. The zero-order chi connectivity index (χ0) is 15.3. The van der Waals surface area contributed by atoms with E-state index in [-0.39, 0.29) is 5.75 Å². The Balaban J connectivity index is 2.09. The van der Waals surface area contributed by atoms with Crippen LogP contribution in [-0.4, -0.2) is 45.4 Å². The Morgan fingerprint density at radius 3 is 2.67 bits per heavy atom. The van der Waals surface area contributed by atoms with E-state index in [0.29, 0.717) is 12.1 Å². The number of nitrogens with zero attached hydrogens (tertiary/aromatic N) is 1. The second-order valence-electron chi connectivity index (χ2n) is 5.46. The Morgan fingerprint density at radius 2 is 2.00 bits per heavy atom.